The molecule has 0 fully saturated rings. The van der Waals surface area contributed by atoms with Crippen LogP contribution in [0.4, 0.5) is 5.69 Å². The summed E-state index contributed by atoms with van der Waals surface area (Å²) in [7, 11) is 0. The molecule has 0 aliphatic heterocycles. The molecule has 0 radical (unpaired) electrons. The second kappa shape index (κ2) is 9.56. The highest BCUT2D eigenvalue weighted by molar-refractivity contribution is 7.99. The summed E-state index contributed by atoms with van der Waals surface area (Å²) in [5, 5.41) is 12.3. The molecular formula is C17H15Cl2NO4S. The molecule has 0 unspecified atom stereocenters. The number of aliphatic carboxylic acids is 1. The summed E-state index contributed by atoms with van der Waals surface area (Å²) in [4.78, 5) is 22.5. The van der Waals surface area contributed by atoms with Crippen molar-refractivity contribution in [3.8, 4) is 5.75 Å². The molecule has 2 aromatic carbocycles. The van der Waals surface area contributed by atoms with Crippen molar-refractivity contribution in [2.75, 3.05) is 17.7 Å². The topological polar surface area (TPSA) is 75.6 Å². The zero-order valence-electron chi connectivity index (χ0n) is 13.0. The fourth-order valence-corrected chi connectivity index (χ4v) is 2.99. The number of benzene rings is 2. The van der Waals surface area contributed by atoms with Crippen molar-refractivity contribution in [2.24, 2.45) is 0 Å². The lowest BCUT2D eigenvalue weighted by molar-refractivity contribution is -0.139. The van der Waals surface area contributed by atoms with Crippen LogP contribution < -0.4 is 10.1 Å². The lowest BCUT2D eigenvalue weighted by Crippen LogP contribution is -2.14. The fourth-order valence-electron chi connectivity index (χ4n) is 1.90. The van der Waals surface area contributed by atoms with Crippen molar-refractivity contribution in [3.05, 3.63) is 58.1 Å². The Hall–Kier alpha value is -1.89. The molecule has 2 aromatic rings. The average Bonchev–Trinajstić information content (AvgIpc) is 2.56. The van der Waals surface area contributed by atoms with Crippen LogP contribution in [0.15, 0.2) is 42.5 Å². The molecule has 132 valence electrons. The zero-order valence-corrected chi connectivity index (χ0v) is 15.3. The summed E-state index contributed by atoms with van der Waals surface area (Å²) in [6, 6.07) is 11.9. The van der Waals surface area contributed by atoms with E-state index in [1.165, 1.54) is 11.8 Å². The van der Waals surface area contributed by atoms with Crippen LogP contribution in [0.2, 0.25) is 10.0 Å². The van der Waals surface area contributed by atoms with Crippen LogP contribution in [0, 0.1) is 0 Å². The minimum atomic E-state index is -1.06. The minimum absolute atomic E-state index is 0.166. The third-order valence-corrected chi connectivity index (χ3v) is 4.71. The van der Waals surface area contributed by atoms with Gasteiger partial charge in [0.15, 0.2) is 6.61 Å². The second-order valence-electron chi connectivity index (χ2n) is 5.00. The van der Waals surface area contributed by atoms with Crippen LogP contribution in [0.25, 0.3) is 0 Å². The zero-order chi connectivity index (χ0) is 18.2. The molecule has 0 atom stereocenters. The predicted molar refractivity (Wildman–Crippen MR) is 101 cm³/mol. The van der Waals surface area contributed by atoms with Gasteiger partial charge in [0.2, 0.25) is 5.91 Å². The highest BCUT2D eigenvalue weighted by Gasteiger charge is 2.06. The smallest absolute Gasteiger partial charge is 0.341 e. The first-order chi connectivity index (χ1) is 11.9. The summed E-state index contributed by atoms with van der Waals surface area (Å²) in [5.41, 5.74) is 1.53. The average molecular weight is 400 g/mol. The SMILES string of the molecule is O=C(O)COc1cccc(NC(=O)CSCc2ccc(Cl)c(Cl)c2)c1. The van der Waals surface area contributed by atoms with Gasteiger partial charge in [-0.3, -0.25) is 4.79 Å². The first-order valence-electron chi connectivity index (χ1n) is 7.20. The highest BCUT2D eigenvalue weighted by atomic mass is 35.5. The molecule has 0 bridgehead atoms. The first kappa shape index (κ1) is 19.4. The van der Waals surface area contributed by atoms with E-state index in [1.54, 1.807) is 36.4 Å². The number of nitrogens with one attached hydrogen (secondary N) is 1. The predicted octanol–water partition coefficient (Wildman–Crippen LogP) is 4.33. The first-order valence-corrected chi connectivity index (χ1v) is 9.11. The number of rotatable bonds is 8. The van der Waals surface area contributed by atoms with Crippen LogP contribution in [0.3, 0.4) is 0 Å². The van der Waals surface area contributed by atoms with Gasteiger partial charge in [-0.1, -0.05) is 35.3 Å². The number of anilines is 1. The second-order valence-corrected chi connectivity index (χ2v) is 6.80. The number of hydrogen-bond acceptors (Lipinski definition) is 4. The number of carboxylic acids is 1. The summed E-state index contributed by atoms with van der Waals surface area (Å²) in [6.07, 6.45) is 0. The van der Waals surface area contributed by atoms with E-state index in [9.17, 15) is 9.59 Å². The Bertz CT molecular complexity index is 770. The van der Waals surface area contributed by atoms with Gasteiger partial charge in [0.25, 0.3) is 0 Å². The van der Waals surface area contributed by atoms with Gasteiger partial charge in [-0.25, -0.2) is 4.79 Å². The molecule has 0 heterocycles. The lowest BCUT2D eigenvalue weighted by atomic mass is 10.2. The van der Waals surface area contributed by atoms with Gasteiger partial charge in [0, 0.05) is 17.5 Å². The Morgan fingerprint density at radius 2 is 1.92 bits per heavy atom. The van der Waals surface area contributed by atoms with Gasteiger partial charge in [0.1, 0.15) is 5.75 Å². The molecule has 2 rings (SSSR count). The van der Waals surface area contributed by atoms with E-state index < -0.39 is 12.6 Å². The molecule has 8 heteroatoms. The fraction of sp³-hybridized carbons (Fsp3) is 0.176. The third-order valence-electron chi connectivity index (χ3n) is 2.97. The maximum Gasteiger partial charge on any atom is 0.341 e. The van der Waals surface area contributed by atoms with E-state index in [-0.39, 0.29) is 11.7 Å². The number of halogens is 2. The van der Waals surface area contributed by atoms with Gasteiger partial charge >= 0.3 is 5.97 Å². The van der Waals surface area contributed by atoms with Crippen molar-refractivity contribution in [1.82, 2.24) is 0 Å². The van der Waals surface area contributed by atoms with Crippen LogP contribution >= 0.6 is 35.0 Å². The molecule has 0 spiro atoms. The van der Waals surface area contributed by atoms with Crippen molar-refractivity contribution in [3.63, 3.8) is 0 Å². The number of carboxylic acid groups (broad SMARTS) is 1. The number of carbonyl (C=O) groups is 2. The van der Waals surface area contributed by atoms with E-state index >= 15 is 0 Å². The Kier molecular flexibility index (Phi) is 7.43. The summed E-state index contributed by atoms with van der Waals surface area (Å²) >= 11 is 13.3. The molecule has 2 N–H and O–H groups in total. The van der Waals surface area contributed by atoms with E-state index in [2.05, 4.69) is 5.32 Å². The van der Waals surface area contributed by atoms with E-state index in [1.807, 2.05) is 6.07 Å². The highest BCUT2D eigenvalue weighted by Crippen LogP contribution is 2.25. The molecule has 25 heavy (non-hydrogen) atoms. The van der Waals surface area contributed by atoms with Gasteiger partial charge in [-0.05, 0) is 29.8 Å². The Balaban J connectivity index is 1.80. The lowest BCUT2D eigenvalue weighted by Gasteiger charge is -2.08. The van der Waals surface area contributed by atoms with E-state index in [0.29, 0.717) is 27.2 Å². The number of amides is 1. The third kappa shape index (κ3) is 6.86. The Morgan fingerprint density at radius 1 is 1.12 bits per heavy atom. The maximum absolute atomic E-state index is 12.0. The molecule has 0 saturated carbocycles. The van der Waals surface area contributed by atoms with Crippen molar-refractivity contribution < 1.29 is 19.4 Å². The largest absolute Gasteiger partial charge is 0.482 e. The molecular weight excluding hydrogens is 385 g/mol. The minimum Gasteiger partial charge on any atom is -0.482 e. The van der Waals surface area contributed by atoms with E-state index in [0.717, 1.165) is 5.56 Å². The molecule has 0 saturated heterocycles. The number of hydrogen-bond donors (Lipinski definition) is 2. The summed E-state index contributed by atoms with van der Waals surface area (Å²) < 4.78 is 5.07. The molecule has 1 amide bonds. The number of carbonyl (C=O) groups excluding carboxylic acids is 1. The van der Waals surface area contributed by atoms with Crippen LogP contribution in [-0.2, 0) is 15.3 Å². The quantitative estimate of drug-likeness (QED) is 0.690. The van der Waals surface area contributed by atoms with Crippen LogP contribution in [0.1, 0.15) is 5.56 Å². The van der Waals surface area contributed by atoms with Gasteiger partial charge in [0.05, 0.1) is 15.8 Å². The molecule has 0 aliphatic carbocycles. The normalized spacial score (nSPS) is 10.3. The summed E-state index contributed by atoms with van der Waals surface area (Å²) in [6.45, 7) is -0.434. The molecule has 0 aromatic heterocycles. The van der Waals surface area contributed by atoms with Gasteiger partial charge in [-0.15, -0.1) is 11.8 Å². The monoisotopic (exact) mass is 399 g/mol. The van der Waals surface area contributed by atoms with Crippen LogP contribution in [-0.4, -0.2) is 29.3 Å². The van der Waals surface area contributed by atoms with Crippen molar-refractivity contribution >= 4 is 52.5 Å². The van der Waals surface area contributed by atoms with Gasteiger partial charge < -0.3 is 15.2 Å². The maximum atomic E-state index is 12.0. The standard InChI is InChI=1S/C17H15Cl2NO4S/c18-14-5-4-11(6-15(14)19)9-25-10-16(21)20-12-2-1-3-13(7-12)24-8-17(22)23/h1-7H,8-10H2,(H,20,21)(H,22,23). The molecule has 5 nitrogen and oxygen atoms in total. The van der Waals surface area contributed by atoms with Crippen LogP contribution in [0.5, 0.6) is 5.75 Å². The number of thioether (sulfide) groups is 1. The Labute approximate surface area is 159 Å². The van der Waals surface area contributed by atoms with Crippen molar-refractivity contribution in [2.45, 2.75) is 5.75 Å². The number of ether oxygens (including phenoxy) is 1. The Morgan fingerprint density at radius 3 is 2.64 bits per heavy atom. The summed E-state index contributed by atoms with van der Waals surface area (Å²) in [5.74, 6) is 0.0456. The van der Waals surface area contributed by atoms with Gasteiger partial charge in [-0.2, -0.15) is 0 Å². The molecule has 0 aliphatic rings. The van der Waals surface area contributed by atoms with Crippen molar-refractivity contribution in [1.29, 1.82) is 0 Å². The van der Waals surface area contributed by atoms with E-state index in [4.69, 9.17) is 33.0 Å².